The number of aromatic amines is 2. The third-order valence-corrected chi connectivity index (χ3v) is 8.89. The van der Waals surface area contributed by atoms with Crippen LogP contribution in [0.15, 0.2) is 41.4 Å². The van der Waals surface area contributed by atoms with E-state index in [4.69, 9.17) is 4.98 Å². The fraction of sp³-hybridized carbons (Fsp3) is 0.429. The van der Waals surface area contributed by atoms with Crippen LogP contribution >= 0.6 is 11.8 Å². The van der Waals surface area contributed by atoms with Crippen molar-refractivity contribution in [1.29, 1.82) is 0 Å². The van der Waals surface area contributed by atoms with Gasteiger partial charge in [-0.05, 0) is 31.0 Å². The number of hydrogen-bond acceptors (Lipinski definition) is 5. The monoisotopic (exact) mass is 459 g/mol. The predicted molar refractivity (Wildman–Crippen MR) is 121 cm³/mol. The van der Waals surface area contributed by atoms with Crippen LogP contribution in [0.1, 0.15) is 35.1 Å². The Morgan fingerprint density at radius 3 is 2.58 bits per heavy atom. The minimum Gasteiger partial charge on any atom is -0.356 e. The lowest BCUT2D eigenvalue weighted by molar-refractivity contribution is 0.0706. The number of hydrogen-bond donors (Lipinski definition) is 2. The number of aromatic nitrogens is 3. The standard InChI is InChI=1S/C21H25N5O3S2/c27-21(19-13-16(14-22-19)31(28,29)26-9-11-30-12-10-26)25-7-5-15(6-8-25)20-23-17-3-1-2-4-18(17)24-20/h1-4,13-15,22H,5-12H2,(H,23,24). The Kier molecular flexibility index (Phi) is 5.53. The summed E-state index contributed by atoms with van der Waals surface area (Å²) in [4.78, 5) is 25.9. The third kappa shape index (κ3) is 3.99. The van der Waals surface area contributed by atoms with Gasteiger partial charge in [0, 0.05) is 49.8 Å². The predicted octanol–water partition coefficient (Wildman–Crippen LogP) is 2.65. The highest BCUT2D eigenvalue weighted by Gasteiger charge is 2.30. The number of carbonyl (C=O) groups excluding carboxylic acids is 1. The molecule has 0 radical (unpaired) electrons. The number of para-hydroxylation sites is 2. The average molecular weight is 460 g/mol. The van der Waals surface area contributed by atoms with Gasteiger partial charge >= 0.3 is 0 Å². The van der Waals surface area contributed by atoms with Crippen LogP contribution < -0.4 is 0 Å². The van der Waals surface area contributed by atoms with Crippen molar-refractivity contribution in [1.82, 2.24) is 24.2 Å². The van der Waals surface area contributed by atoms with Crippen LogP contribution in [0.4, 0.5) is 0 Å². The van der Waals surface area contributed by atoms with Crippen LogP contribution in [0.2, 0.25) is 0 Å². The molecule has 4 heterocycles. The molecule has 31 heavy (non-hydrogen) atoms. The van der Waals surface area contributed by atoms with Crippen molar-refractivity contribution in [3.05, 3.63) is 48.0 Å². The molecule has 2 aromatic heterocycles. The molecule has 2 aliphatic heterocycles. The zero-order valence-corrected chi connectivity index (χ0v) is 18.7. The van der Waals surface area contributed by atoms with E-state index < -0.39 is 10.0 Å². The summed E-state index contributed by atoms with van der Waals surface area (Å²) < 4.78 is 27.2. The summed E-state index contributed by atoms with van der Waals surface area (Å²) in [6, 6.07) is 9.45. The van der Waals surface area contributed by atoms with E-state index in [-0.39, 0.29) is 16.7 Å². The minimum absolute atomic E-state index is 0.154. The molecule has 8 nitrogen and oxygen atoms in total. The van der Waals surface area contributed by atoms with E-state index >= 15 is 0 Å². The van der Waals surface area contributed by atoms with Gasteiger partial charge in [-0.25, -0.2) is 13.4 Å². The fourth-order valence-corrected chi connectivity index (χ4v) is 6.85. The maximum absolute atomic E-state index is 13.0. The third-order valence-electron chi connectivity index (χ3n) is 6.07. The number of H-pyrrole nitrogens is 2. The number of thioether (sulfide) groups is 1. The van der Waals surface area contributed by atoms with Gasteiger partial charge in [0.1, 0.15) is 16.4 Å². The van der Waals surface area contributed by atoms with Gasteiger partial charge in [-0.2, -0.15) is 16.1 Å². The fourth-order valence-electron chi connectivity index (χ4n) is 4.28. The second kappa shape index (κ2) is 8.33. The van der Waals surface area contributed by atoms with Gasteiger partial charge < -0.3 is 14.9 Å². The number of fused-ring (bicyclic) bond motifs is 1. The van der Waals surface area contributed by atoms with Gasteiger partial charge in [0.2, 0.25) is 10.0 Å². The summed E-state index contributed by atoms with van der Waals surface area (Å²) >= 11 is 1.76. The molecule has 1 aromatic carbocycles. The maximum atomic E-state index is 13.0. The molecule has 10 heteroatoms. The lowest BCUT2D eigenvalue weighted by atomic mass is 9.96. The summed E-state index contributed by atoms with van der Waals surface area (Å²) in [5.41, 5.74) is 2.32. The first-order valence-electron chi connectivity index (χ1n) is 10.5. The van der Waals surface area contributed by atoms with E-state index in [1.54, 1.807) is 16.7 Å². The molecule has 1 amide bonds. The first-order valence-corrected chi connectivity index (χ1v) is 13.1. The number of imidazole rings is 1. The number of benzene rings is 1. The number of rotatable bonds is 4. The Morgan fingerprint density at radius 1 is 1.10 bits per heavy atom. The van der Waals surface area contributed by atoms with E-state index in [9.17, 15) is 13.2 Å². The topological polar surface area (TPSA) is 102 Å². The molecule has 0 unspecified atom stereocenters. The van der Waals surface area contributed by atoms with E-state index in [2.05, 4.69) is 9.97 Å². The summed E-state index contributed by atoms with van der Waals surface area (Å²) in [5, 5.41) is 0. The molecule has 0 atom stereocenters. The number of carbonyl (C=O) groups is 1. The number of likely N-dealkylation sites (tertiary alicyclic amines) is 1. The quantitative estimate of drug-likeness (QED) is 0.625. The summed E-state index contributed by atoms with van der Waals surface area (Å²) in [5.74, 6) is 2.71. The van der Waals surface area contributed by atoms with Crippen molar-refractivity contribution in [2.24, 2.45) is 0 Å². The highest BCUT2D eigenvalue weighted by atomic mass is 32.2. The van der Waals surface area contributed by atoms with Crippen LogP contribution in [-0.4, -0.2) is 76.2 Å². The Morgan fingerprint density at radius 2 is 1.84 bits per heavy atom. The van der Waals surface area contributed by atoms with Crippen LogP contribution in [0.5, 0.6) is 0 Å². The van der Waals surface area contributed by atoms with Crippen molar-refractivity contribution < 1.29 is 13.2 Å². The number of sulfonamides is 1. The van der Waals surface area contributed by atoms with Gasteiger partial charge in [0.05, 0.1) is 11.0 Å². The van der Waals surface area contributed by atoms with Crippen LogP contribution in [-0.2, 0) is 10.0 Å². The highest BCUT2D eigenvalue weighted by molar-refractivity contribution is 7.99. The lowest BCUT2D eigenvalue weighted by Gasteiger charge is -2.30. The van der Waals surface area contributed by atoms with Gasteiger partial charge in [-0.3, -0.25) is 4.79 Å². The number of nitrogens with zero attached hydrogens (tertiary/aromatic N) is 3. The summed E-state index contributed by atoms with van der Waals surface area (Å²) in [6.45, 7) is 2.25. The van der Waals surface area contributed by atoms with Crippen LogP contribution in [0.25, 0.3) is 11.0 Å². The van der Waals surface area contributed by atoms with Crippen molar-refractivity contribution in [2.75, 3.05) is 37.7 Å². The Hall–Kier alpha value is -2.30. The second-order valence-corrected chi connectivity index (χ2v) is 11.1. The molecule has 2 aliphatic rings. The molecule has 3 aromatic rings. The van der Waals surface area contributed by atoms with E-state index in [0.29, 0.717) is 31.9 Å². The number of amides is 1. The smallest absolute Gasteiger partial charge is 0.270 e. The summed E-state index contributed by atoms with van der Waals surface area (Å²) in [7, 11) is -3.56. The highest BCUT2D eigenvalue weighted by Crippen LogP contribution is 2.29. The molecule has 0 bridgehead atoms. The van der Waals surface area contributed by atoms with E-state index in [1.165, 1.54) is 16.6 Å². The molecule has 2 saturated heterocycles. The maximum Gasteiger partial charge on any atom is 0.270 e. The van der Waals surface area contributed by atoms with Crippen LogP contribution in [0, 0.1) is 0 Å². The normalized spacial score (nSPS) is 19.2. The lowest BCUT2D eigenvalue weighted by Crippen LogP contribution is -2.38. The molecule has 0 aliphatic carbocycles. The van der Waals surface area contributed by atoms with E-state index in [0.717, 1.165) is 41.2 Å². The molecular formula is C21H25N5O3S2. The summed E-state index contributed by atoms with van der Waals surface area (Å²) in [6.07, 6.45) is 3.08. The minimum atomic E-state index is -3.56. The Balaban J connectivity index is 1.24. The van der Waals surface area contributed by atoms with Crippen molar-refractivity contribution in [2.45, 2.75) is 23.7 Å². The Bertz CT molecular complexity index is 1160. The Labute approximate surface area is 185 Å². The van der Waals surface area contributed by atoms with Gasteiger partial charge in [-0.15, -0.1) is 0 Å². The van der Waals surface area contributed by atoms with E-state index in [1.807, 2.05) is 24.3 Å². The average Bonchev–Trinajstić information content (AvgIpc) is 3.47. The van der Waals surface area contributed by atoms with Gasteiger partial charge in [-0.1, -0.05) is 12.1 Å². The second-order valence-electron chi connectivity index (χ2n) is 7.97. The molecule has 5 rings (SSSR count). The molecule has 2 fully saturated rings. The number of nitrogens with one attached hydrogen (secondary N) is 2. The van der Waals surface area contributed by atoms with Crippen molar-refractivity contribution in [3.8, 4) is 0 Å². The molecule has 0 saturated carbocycles. The molecule has 164 valence electrons. The SMILES string of the molecule is O=C(c1cc(S(=O)(=O)N2CCSCC2)c[nH]1)N1CCC(c2nc3ccccc3[nH]2)CC1. The van der Waals surface area contributed by atoms with Gasteiger partial charge in [0.25, 0.3) is 5.91 Å². The van der Waals surface area contributed by atoms with Gasteiger partial charge in [0.15, 0.2) is 0 Å². The largest absolute Gasteiger partial charge is 0.356 e. The van der Waals surface area contributed by atoms with Crippen molar-refractivity contribution >= 4 is 38.7 Å². The first kappa shape index (κ1) is 20.6. The first-order chi connectivity index (χ1) is 15.0. The number of piperidine rings is 1. The zero-order valence-electron chi connectivity index (χ0n) is 17.1. The molecular weight excluding hydrogens is 434 g/mol. The van der Waals surface area contributed by atoms with Crippen molar-refractivity contribution in [3.63, 3.8) is 0 Å². The zero-order chi connectivity index (χ0) is 21.4. The molecule has 0 spiro atoms. The van der Waals surface area contributed by atoms with Crippen LogP contribution in [0.3, 0.4) is 0 Å². The molecule has 2 N–H and O–H groups in total.